The molecule has 0 saturated heterocycles. The van der Waals surface area contributed by atoms with E-state index in [0.717, 1.165) is 12.1 Å². The van der Waals surface area contributed by atoms with Gasteiger partial charge >= 0.3 is 0 Å². The second-order valence-corrected chi connectivity index (χ2v) is 3.12. The highest BCUT2D eigenvalue weighted by molar-refractivity contribution is 5.72. The summed E-state index contributed by atoms with van der Waals surface area (Å²) in [5.74, 6) is 5.95. The summed E-state index contributed by atoms with van der Waals surface area (Å²) in [7, 11) is 0. The number of hydrogen-bond donors (Lipinski definition) is 1. The quantitative estimate of drug-likeness (QED) is 0.585. The highest BCUT2D eigenvalue weighted by Gasteiger charge is 1.91. The Hall–Kier alpha value is -1.76. The van der Waals surface area contributed by atoms with Crippen LogP contribution in [0.1, 0.15) is 25.8 Å². The van der Waals surface area contributed by atoms with Crippen LogP contribution in [-0.4, -0.2) is 22.2 Å². The smallest absolute Gasteiger partial charge is 0.216 e. The molecular weight excluding hydrogens is 190 g/mol. The zero-order valence-electron chi connectivity index (χ0n) is 9.08. The highest BCUT2D eigenvalue weighted by Crippen LogP contribution is 1.94. The minimum Gasteiger partial charge on any atom is -0.355 e. The number of amides is 1. The lowest BCUT2D eigenvalue weighted by Gasteiger charge is -1.94. The standard InChI is InChI=1S/C11H15N3O/c1-3-14-9-11(8-13-14)6-4-5-7-12-10(2)15/h8-9H,3,5,7H2,1-2H3,(H,12,15). The average Bonchev–Trinajstić information content (AvgIpc) is 2.65. The summed E-state index contributed by atoms with van der Waals surface area (Å²) in [6.07, 6.45) is 4.32. The molecule has 4 nitrogen and oxygen atoms in total. The van der Waals surface area contributed by atoms with Crippen LogP contribution in [0.4, 0.5) is 0 Å². The van der Waals surface area contributed by atoms with E-state index in [1.54, 1.807) is 6.20 Å². The predicted octanol–water partition coefficient (Wildman–Crippen LogP) is 0.781. The molecule has 0 aliphatic heterocycles. The Balaban J connectivity index is 2.34. The van der Waals surface area contributed by atoms with E-state index in [4.69, 9.17) is 0 Å². The summed E-state index contributed by atoms with van der Waals surface area (Å²) in [5, 5.41) is 6.79. The van der Waals surface area contributed by atoms with Gasteiger partial charge in [0.1, 0.15) is 0 Å². The lowest BCUT2D eigenvalue weighted by atomic mass is 10.3. The summed E-state index contributed by atoms with van der Waals surface area (Å²) in [4.78, 5) is 10.5. The van der Waals surface area contributed by atoms with Crippen LogP contribution in [0.3, 0.4) is 0 Å². The van der Waals surface area contributed by atoms with Crippen LogP contribution in [-0.2, 0) is 11.3 Å². The van der Waals surface area contributed by atoms with E-state index in [-0.39, 0.29) is 5.91 Å². The molecule has 80 valence electrons. The van der Waals surface area contributed by atoms with Gasteiger partial charge in [-0.15, -0.1) is 0 Å². The van der Waals surface area contributed by atoms with Crippen LogP contribution in [0.2, 0.25) is 0 Å². The number of carbonyl (C=O) groups is 1. The van der Waals surface area contributed by atoms with E-state index in [9.17, 15) is 4.79 Å². The van der Waals surface area contributed by atoms with Crippen LogP contribution < -0.4 is 5.32 Å². The van der Waals surface area contributed by atoms with Crippen molar-refractivity contribution in [2.24, 2.45) is 0 Å². The van der Waals surface area contributed by atoms with E-state index >= 15 is 0 Å². The molecule has 1 aromatic heterocycles. The fourth-order valence-corrected chi connectivity index (χ4v) is 1.07. The molecule has 0 unspecified atom stereocenters. The van der Waals surface area contributed by atoms with Crippen molar-refractivity contribution in [3.05, 3.63) is 18.0 Å². The third-order valence-corrected chi connectivity index (χ3v) is 1.81. The molecule has 0 aromatic carbocycles. The van der Waals surface area contributed by atoms with E-state index in [2.05, 4.69) is 22.3 Å². The summed E-state index contributed by atoms with van der Waals surface area (Å²) < 4.78 is 1.83. The molecule has 1 N–H and O–H groups in total. The van der Waals surface area contributed by atoms with Gasteiger partial charge in [0.05, 0.1) is 11.8 Å². The third kappa shape index (κ3) is 4.32. The minimum absolute atomic E-state index is 0.0180. The summed E-state index contributed by atoms with van der Waals surface area (Å²) >= 11 is 0. The molecule has 0 fully saturated rings. The van der Waals surface area contributed by atoms with Gasteiger partial charge in [-0.1, -0.05) is 11.8 Å². The van der Waals surface area contributed by atoms with Gasteiger partial charge in [0.25, 0.3) is 0 Å². The first-order valence-electron chi connectivity index (χ1n) is 4.98. The maximum atomic E-state index is 10.5. The Kier molecular flexibility index (Phi) is 4.42. The summed E-state index contributed by atoms with van der Waals surface area (Å²) in [6, 6.07) is 0. The molecule has 1 aromatic rings. The van der Waals surface area contributed by atoms with Gasteiger partial charge in [-0.3, -0.25) is 9.48 Å². The van der Waals surface area contributed by atoms with Crippen molar-refractivity contribution in [2.45, 2.75) is 26.8 Å². The van der Waals surface area contributed by atoms with E-state index < -0.39 is 0 Å². The minimum atomic E-state index is -0.0180. The number of carbonyl (C=O) groups excluding carboxylic acids is 1. The molecule has 15 heavy (non-hydrogen) atoms. The van der Waals surface area contributed by atoms with Gasteiger partial charge in [-0.2, -0.15) is 5.10 Å². The Morgan fingerprint density at radius 2 is 2.47 bits per heavy atom. The average molecular weight is 205 g/mol. The van der Waals surface area contributed by atoms with Crippen LogP contribution in [0.5, 0.6) is 0 Å². The fourth-order valence-electron chi connectivity index (χ4n) is 1.07. The van der Waals surface area contributed by atoms with Gasteiger partial charge < -0.3 is 5.32 Å². The Bertz CT molecular complexity index is 384. The number of nitrogens with one attached hydrogen (secondary N) is 1. The SMILES string of the molecule is CCn1cc(C#CCCNC(C)=O)cn1. The second-order valence-electron chi connectivity index (χ2n) is 3.12. The Morgan fingerprint density at radius 1 is 1.67 bits per heavy atom. The van der Waals surface area contributed by atoms with E-state index in [0.29, 0.717) is 13.0 Å². The number of hydrogen-bond acceptors (Lipinski definition) is 2. The number of aromatic nitrogens is 2. The molecule has 1 rings (SSSR count). The van der Waals surface area contributed by atoms with Crippen molar-refractivity contribution in [3.63, 3.8) is 0 Å². The first kappa shape index (κ1) is 11.3. The summed E-state index contributed by atoms with van der Waals surface area (Å²) in [6.45, 7) is 4.98. The second kappa shape index (κ2) is 5.86. The first-order valence-corrected chi connectivity index (χ1v) is 4.98. The number of aryl methyl sites for hydroxylation is 1. The zero-order valence-corrected chi connectivity index (χ0v) is 9.08. The molecular formula is C11H15N3O. The van der Waals surface area contributed by atoms with Crippen molar-refractivity contribution in [1.29, 1.82) is 0 Å². The molecule has 4 heteroatoms. The van der Waals surface area contributed by atoms with Crippen molar-refractivity contribution >= 4 is 5.91 Å². The monoisotopic (exact) mass is 205 g/mol. The molecule has 1 heterocycles. The molecule has 0 radical (unpaired) electrons. The van der Waals surface area contributed by atoms with Crippen LogP contribution in [0, 0.1) is 11.8 Å². The Morgan fingerprint density at radius 3 is 3.07 bits per heavy atom. The van der Waals surface area contributed by atoms with Crippen molar-refractivity contribution in [1.82, 2.24) is 15.1 Å². The van der Waals surface area contributed by atoms with Crippen LogP contribution >= 0.6 is 0 Å². The third-order valence-electron chi connectivity index (χ3n) is 1.81. The highest BCUT2D eigenvalue weighted by atomic mass is 16.1. The maximum Gasteiger partial charge on any atom is 0.216 e. The molecule has 0 bridgehead atoms. The summed E-state index contributed by atoms with van der Waals surface area (Å²) in [5.41, 5.74) is 0.916. The lowest BCUT2D eigenvalue weighted by Crippen LogP contribution is -2.20. The predicted molar refractivity (Wildman–Crippen MR) is 58.1 cm³/mol. The Labute approximate surface area is 89.7 Å². The fraction of sp³-hybridized carbons (Fsp3) is 0.455. The number of rotatable bonds is 3. The van der Waals surface area contributed by atoms with Crippen LogP contribution in [0.15, 0.2) is 12.4 Å². The topological polar surface area (TPSA) is 46.9 Å². The van der Waals surface area contributed by atoms with Crippen molar-refractivity contribution in [3.8, 4) is 11.8 Å². The van der Waals surface area contributed by atoms with Crippen molar-refractivity contribution < 1.29 is 4.79 Å². The van der Waals surface area contributed by atoms with Gasteiger partial charge in [-0.25, -0.2) is 0 Å². The first-order chi connectivity index (χ1) is 7.22. The van der Waals surface area contributed by atoms with Gasteiger partial charge in [0, 0.05) is 32.6 Å². The lowest BCUT2D eigenvalue weighted by molar-refractivity contribution is -0.118. The largest absolute Gasteiger partial charge is 0.355 e. The molecule has 0 saturated carbocycles. The van der Waals surface area contributed by atoms with Gasteiger partial charge in [0.15, 0.2) is 0 Å². The van der Waals surface area contributed by atoms with E-state index in [1.807, 2.05) is 17.8 Å². The molecule has 0 aliphatic rings. The van der Waals surface area contributed by atoms with Crippen molar-refractivity contribution in [2.75, 3.05) is 6.54 Å². The molecule has 1 amide bonds. The van der Waals surface area contributed by atoms with E-state index in [1.165, 1.54) is 6.92 Å². The normalized spacial score (nSPS) is 9.20. The number of nitrogens with zero attached hydrogens (tertiary/aromatic N) is 2. The zero-order chi connectivity index (χ0) is 11.1. The van der Waals surface area contributed by atoms with Crippen LogP contribution in [0.25, 0.3) is 0 Å². The molecule has 0 atom stereocenters. The maximum absolute atomic E-state index is 10.5. The molecule has 0 aliphatic carbocycles. The van der Waals surface area contributed by atoms with Gasteiger partial charge in [-0.05, 0) is 6.92 Å². The molecule has 0 spiro atoms. The van der Waals surface area contributed by atoms with Gasteiger partial charge in [0.2, 0.25) is 5.91 Å².